The molecule has 7 nitrogen and oxygen atoms in total. The van der Waals surface area contributed by atoms with E-state index in [1.165, 1.54) is 0 Å². The molecule has 7 heteroatoms. The Morgan fingerprint density at radius 3 is 2.76 bits per heavy atom. The van der Waals surface area contributed by atoms with Gasteiger partial charge in [-0.05, 0) is 12.8 Å². The van der Waals surface area contributed by atoms with Gasteiger partial charge in [0.05, 0.1) is 25.4 Å². The second-order valence-electron chi connectivity index (χ2n) is 6.07. The average Bonchev–Trinajstić information content (AvgIpc) is 2.96. The zero-order valence-corrected chi connectivity index (χ0v) is 12.0. The Balaban J connectivity index is 1.70. The summed E-state index contributed by atoms with van der Waals surface area (Å²) < 4.78 is 10.9. The number of rotatable bonds is 2. The van der Waals surface area contributed by atoms with Gasteiger partial charge in [0.1, 0.15) is 0 Å². The number of aliphatic carboxylic acids is 1. The fraction of sp³-hybridized carbons (Fsp3) is 0.857. The van der Waals surface area contributed by atoms with E-state index in [0.717, 1.165) is 25.7 Å². The van der Waals surface area contributed by atoms with Crippen molar-refractivity contribution in [2.45, 2.75) is 49.8 Å². The fourth-order valence-corrected chi connectivity index (χ4v) is 3.51. The van der Waals surface area contributed by atoms with Gasteiger partial charge in [-0.2, -0.15) is 0 Å². The van der Waals surface area contributed by atoms with Crippen LogP contribution >= 0.6 is 0 Å². The lowest BCUT2D eigenvalue weighted by atomic mass is 9.90. The summed E-state index contributed by atoms with van der Waals surface area (Å²) in [5, 5.41) is 12.1. The first-order valence-corrected chi connectivity index (χ1v) is 7.64. The summed E-state index contributed by atoms with van der Waals surface area (Å²) in [5.74, 6) is -1.03. The van der Waals surface area contributed by atoms with Gasteiger partial charge in [-0.1, -0.05) is 12.8 Å². The molecule has 3 unspecified atom stereocenters. The largest absolute Gasteiger partial charge is 0.479 e. The molecule has 21 heavy (non-hydrogen) atoms. The molecule has 3 rings (SSSR count). The monoisotopic (exact) mass is 298 g/mol. The Kier molecular flexibility index (Phi) is 4.03. The molecule has 0 bridgehead atoms. The summed E-state index contributed by atoms with van der Waals surface area (Å²) in [6.07, 6.45) is 4.52. The number of carboxylic acid groups (broad SMARTS) is 1. The van der Waals surface area contributed by atoms with E-state index in [0.29, 0.717) is 26.2 Å². The third kappa shape index (κ3) is 2.72. The van der Waals surface area contributed by atoms with Crippen molar-refractivity contribution >= 4 is 12.0 Å². The van der Waals surface area contributed by atoms with Crippen molar-refractivity contribution in [1.82, 2.24) is 10.2 Å². The molecule has 118 valence electrons. The molecule has 0 radical (unpaired) electrons. The maximum atomic E-state index is 12.6. The number of urea groups is 1. The molecule has 0 aromatic rings. The van der Waals surface area contributed by atoms with E-state index in [9.17, 15) is 14.7 Å². The summed E-state index contributed by atoms with van der Waals surface area (Å²) >= 11 is 0. The highest BCUT2D eigenvalue weighted by atomic mass is 16.5. The number of ether oxygens (including phenoxy) is 2. The maximum absolute atomic E-state index is 12.6. The lowest BCUT2D eigenvalue weighted by Crippen LogP contribution is -2.63. The van der Waals surface area contributed by atoms with E-state index in [1.54, 1.807) is 4.90 Å². The minimum absolute atomic E-state index is 0.0342. The van der Waals surface area contributed by atoms with E-state index in [4.69, 9.17) is 9.47 Å². The molecule has 2 saturated heterocycles. The quantitative estimate of drug-likeness (QED) is 0.778. The smallest absolute Gasteiger partial charge is 0.332 e. The van der Waals surface area contributed by atoms with Crippen LogP contribution in [0.25, 0.3) is 0 Å². The summed E-state index contributed by atoms with van der Waals surface area (Å²) in [6, 6.07) is -0.233. The van der Waals surface area contributed by atoms with Crippen LogP contribution < -0.4 is 5.32 Å². The zero-order valence-electron chi connectivity index (χ0n) is 12.0. The number of carboxylic acids is 1. The molecule has 1 saturated carbocycles. The van der Waals surface area contributed by atoms with Crippen LogP contribution in [0.15, 0.2) is 0 Å². The van der Waals surface area contributed by atoms with Gasteiger partial charge in [0, 0.05) is 19.6 Å². The molecule has 1 aliphatic carbocycles. The molecule has 0 spiro atoms. The second-order valence-corrected chi connectivity index (χ2v) is 6.07. The van der Waals surface area contributed by atoms with Gasteiger partial charge in [0.15, 0.2) is 5.54 Å². The van der Waals surface area contributed by atoms with Crippen LogP contribution in [0, 0.1) is 0 Å². The van der Waals surface area contributed by atoms with Crippen LogP contribution in [0.3, 0.4) is 0 Å². The van der Waals surface area contributed by atoms with Gasteiger partial charge < -0.3 is 24.8 Å². The second kappa shape index (κ2) is 5.81. The standard InChI is InChI=1S/C14H22N2O5/c17-12(18)14(5-7-20-9-14)15-13(19)16-6-8-21-11-4-2-1-3-10(11)16/h10-11H,1-9H2,(H,15,19)(H,17,18). The van der Waals surface area contributed by atoms with E-state index >= 15 is 0 Å². The Morgan fingerprint density at radius 2 is 2.05 bits per heavy atom. The Morgan fingerprint density at radius 1 is 1.24 bits per heavy atom. The van der Waals surface area contributed by atoms with E-state index in [2.05, 4.69) is 5.32 Å². The van der Waals surface area contributed by atoms with Crippen LogP contribution in [0.5, 0.6) is 0 Å². The van der Waals surface area contributed by atoms with E-state index < -0.39 is 11.5 Å². The van der Waals surface area contributed by atoms with Crippen molar-refractivity contribution in [3.8, 4) is 0 Å². The molecule has 3 atom stereocenters. The normalized spacial score (nSPS) is 36.1. The molecule has 0 aromatic heterocycles. The number of nitrogens with one attached hydrogen (secondary N) is 1. The van der Waals surface area contributed by atoms with Crippen molar-refractivity contribution in [3.63, 3.8) is 0 Å². The summed E-state index contributed by atoms with van der Waals surface area (Å²) in [4.78, 5) is 25.8. The predicted molar refractivity (Wildman–Crippen MR) is 73.0 cm³/mol. The van der Waals surface area contributed by atoms with Crippen LogP contribution in [0.1, 0.15) is 32.1 Å². The van der Waals surface area contributed by atoms with Crippen LogP contribution in [-0.2, 0) is 14.3 Å². The molecule has 0 aromatic carbocycles. The Labute approximate surface area is 123 Å². The van der Waals surface area contributed by atoms with Crippen molar-refractivity contribution in [3.05, 3.63) is 0 Å². The number of nitrogens with zero attached hydrogens (tertiary/aromatic N) is 1. The average molecular weight is 298 g/mol. The molecular formula is C14H22N2O5. The predicted octanol–water partition coefficient (Wildman–Crippen LogP) is 0.583. The minimum Gasteiger partial charge on any atom is -0.479 e. The third-order valence-corrected chi connectivity index (χ3v) is 4.77. The number of amides is 2. The molecule has 2 heterocycles. The van der Waals surface area contributed by atoms with E-state index in [1.807, 2.05) is 0 Å². The summed E-state index contributed by atoms with van der Waals surface area (Å²) in [6.45, 7) is 1.43. The van der Waals surface area contributed by atoms with Gasteiger partial charge in [-0.3, -0.25) is 0 Å². The third-order valence-electron chi connectivity index (χ3n) is 4.77. The first-order chi connectivity index (χ1) is 10.1. The van der Waals surface area contributed by atoms with Gasteiger partial charge in [-0.15, -0.1) is 0 Å². The lowest BCUT2D eigenvalue weighted by Gasteiger charge is -2.44. The zero-order chi connectivity index (χ0) is 14.9. The first kappa shape index (κ1) is 14.6. The fourth-order valence-electron chi connectivity index (χ4n) is 3.51. The summed E-state index contributed by atoms with van der Waals surface area (Å²) in [7, 11) is 0. The topological polar surface area (TPSA) is 88.1 Å². The number of morpholine rings is 1. The van der Waals surface area contributed by atoms with Gasteiger partial charge in [-0.25, -0.2) is 9.59 Å². The van der Waals surface area contributed by atoms with Gasteiger partial charge in [0.2, 0.25) is 0 Å². The van der Waals surface area contributed by atoms with Crippen LogP contribution in [0.4, 0.5) is 4.79 Å². The van der Waals surface area contributed by atoms with Crippen molar-refractivity contribution < 1.29 is 24.2 Å². The highest BCUT2D eigenvalue weighted by Gasteiger charge is 2.46. The molecule has 2 aliphatic heterocycles. The molecule has 3 aliphatic rings. The van der Waals surface area contributed by atoms with Crippen molar-refractivity contribution in [1.29, 1.82) is 0 Å². The number of carbonyl (C=O) groups excluding carboxylic acids is 1. The molecule has 2 N–H and O–H groups in total. The van der Waals surface area contributed by atoms with Crippen molar-refractivity contribution in [2.75, 3.05) is 26.4 Å². The molecule has 3 fully saturated rings. The highest BCUT2D eigenvalue weighted by molar-refractivity contribution is 5.87. The minimum atomic E-state index is -1.28. The van der Waals surface area contributed by atoms with Gasteiger partial charge >= 0.3 is 12.0 Å². The van der Waals surface area contributed by atoms with Crippen molar-refractivity contribution in [2.24, 2.45) is 0 Å². The Hall–Kier alpha value is -1.34. The SMILES string of the molecule is O=C(NC1(C(=O)O)CCOC1)N1CCOC2CCCCC21. The van der Waals surface area contributed by atoms with Gasteiger partial charge in [0.25, 0.3) is 0 Å². The first-order valence-electron chi connectivity index (χ1n) is 7.64. The lowest BCUT2D eigenvalue weighted by molar-refractivity contribution is -0.144. The number of hydrogen-bond acceptors (Lipinski definition) is 4. The van der Waals surface area contributed by atoms with E-state index in [-0.39, 0.29) is 24.8 Å². The van der Waals surface area contributed by atoms with Crippen LogP contribution in [0.2, 0.25) is 0 Å². The summed E-state index contributed by atoms with van der Waals surface area (Å²) in [5.41, 5.74) is -1.28. The number of hydrogen-bond donors (Lipinski definition) is 2. The Bertz CT molecular complexity index is 420. The number of fused-ring (bicyclic) bond motifs is 1. The number of carbonyl (C=O) groups is 2. The highest BCUT2D eigenvalue weighted by Crippen LogP contribution is 2.29. The molecular weight excluding hydrogens is 276 g/mol. The van der Waals surface area contributed by atoms with Crippen LogP contribution in [-0.4, -0.2) is 66.1 Å². The molecule has 2 amide bonds. The maximum Gasteiger partial charge on any atom is 0.332 e.